The Morgan fingerprint density at radius 3 is 1.22 bits per heavy atom. The highest BCUT2D eigenvalue weighted by Crippen LogP contribution is 2.31. The van der Waals surface area contributed by atoms with Crippen molar-refractivity contribution in [1.29, 1.82) is 0 Å². The highest BCUT2D eigenvalue weighted by molar-refractivity contribution is 5.82. The van der Waals surface area contributed by atoms with Gasteiger partial charge in [-0.3, -0.25) is 0 Å². The standard InChI is InChI=1S/C18H22/c1-7-11-17-13(5)14(6)18(12-8-2)16(10-4)15(17)9-3/h7-12H,3-4H2,1-2,5-6H3/b11-7-,12-8-. The van der Waals surface area contributed by atoms with Crippen LogP contribution in [0, 0.1) is 13.8 Å². The van der Waals surface area contributed by atoms with Gasteiger partial charge in [0, 0.05) is 0 Å². The maximum absolute atomic E-state index is 3.95. The first kappa shape index (κ1) is 14.2. The lowest BCUT2D eigenvalue weighted by atomic mass is 9.87. The molecule has 1 aromatic rings. The van der Waals surface area contributed by atoms with Gasteiger partial charge in [-0.2, -0.15) is 0 Å². The Hall–Kier alpha value is -1.82. The van der Waals surface area contributed by atoms with E-state index in [1.807, 2.05) is 26.0 Å². The van der Waals surface area contributed by atoms with E-state index in [4.69, 9.17) is 0 Å². The summed E-state index contributed by atoms with van der Waals surface area (Å²) in [6.07, 6.45) is 12.3. The maximum Gasteiger partial charge on any atom is -0.0109 e. The molecule has 0 heteroatoms. The molecule has 0 aliphatic heterocycles. The molecule has 0 radical (unpaired) electrons. The van der Waals surface area contributed by atoms with Crippen molar-refractivity contribution in [2.24, 2.45) is 0 Å². The molecule has 94 valence electrons. The first-order valence-electron chi connectivity index (χ1n) is 6.29. The number of allylic oxidation sites excluding steroid dienone is 2. The number of benzene rings is 1. The van der Waals surface area contributed by atoms with Gasteiger partial charge in [-0.15, -0.1) is 0 Å². The molecule has 0 fully saturated rings. The summed E-state index contributed by atoms with van der Waals surface area (Å²) in [5.74, 6) is 0. The summed E-state index contributed by atoms with van der Waals surface area (Å²) < 4.78 is 0. The van der Waals surface area contributed by atoms with Crippen molar-refractivity contribution < 1.29 is 0 Å². The number of hydrogen-bond donors (Lipinski definition) is 0. The zero-order chi connectivity index (χ0) is 13.7. The molecule has 0 nitrogen and oxygen atoms in total. The molecule has 0 unspecified atom stereocenters. The van der Waals surface area contributed by atoms with Crippen LogP contribution in [0.1, 0.15) is 47.2 Å². The molecule has 1 rings (SSSR count). The molecule has 0 bridgehead atoms. The van der Waals surface area contributed by atoms with Gasteiger partial charge in [0.15, 0.2) is 0 Å². The lowest BCUT2D eigenvalue weighted by molar-refractivity contribution is 1.29. The van der Waals surface area contributed by atoms with E-state index in [-0.39, 0.29) is 0 Å². The molecule has 0 aliphatic rings. The molecule has 0 heterocycles. The van der Waals surface area contributed by atoms with Crippen molar-refractivity contribution in [3.63, 3.8) is 0 Å². The largest absolute Gasteiger partial charge is 0.0984 e. The van der Waals surface area contributed by atoms with Crippen LogP contribution in [0.15, 0.2) is 25.3 Å². The van der Waals surface area contributed by atoms with Gasteiger partial charge in [0.1, 0.15) is 0 Å². The van der Waals surface area contributed by atoms with E-state index in [2.05, 4.69) is 51.3 Å². The average Bonchev–Trinajstić information content (AvgIpc) is 2.38. The zero-order valence-electron chi connectivity index (χ0n) is 11.9. The van der Waals surface area contributed by atoms with Crippen LogP contribution in [0.25, 0.3) is 24.3 Å². The maximum atomic E-state index is 3.95. The second kappa shape index (κ2) is 6.20. The number of rotatable bonds is 4. The van der Waals surface area contributed by atoms with Crippen molar-refractivity contribution in [2.75, 3.05) is 0 Å². The number of hydrogen-bond acceptors (Lipinski definition) is 0. The van der Waals surface area contributed by atoms with Crippen LogP contribution in [0.5, 0.6) is 0 Å². The molecule has 0 amide bonds. The van der Waals surface area contributed by atoms with E-state index < -0.39 is 0 Å². The lowest BCUT2D eigenvalue weighted by Gasteiger charge is -2.17. The van der Waals surface area contributed by atoms with Crippen LogP contribution < -0.4 is 0 Å². The third-order valence-corrected chi connectivity index (χ3v) is 3.32. The predicted octanol–water partition coefficient (Wildman–Crippen LogP) is 5.66. The van der Waals surface area contributed by atoms with Crippen LogP contribution in [-0.4, -0.2) is 0 Å². The molecule has 0 N–H and O–H groups in total. The van der Waals surface area contributed by atoms with Gasteiger partial charge < -0.3 is 0 Å². The summed E-state index contributed by atoms with van der Waals surface area (Å²) in [6.45, 7) is 16.3. The Balaban J connectivity index is 3.85. The van der Waals surface area contributed by atoms with E-state index in [9.17, 15) is 0 Å². The zero-order valence-corrected chi connectivity index (χ0v) is 11.9. The normalized spacial score (nSPS) is 11.3. The second-order valence-corrected chi connectivity index (χ2v) is 4.31. The van der Waals surface area contributed by atoms with Crippen LogP contribution in [-0.2, 0) is 0 Å². The van der Waals surface area contributed by atoms with E-state index in [1.54, 1.807) is 0 Å². The Morgan fingerprint density at radius 1 is 0.667 bits per heavy atom. The first-order valence-corrected chi connectivity index (χ1v) is 6.29. The summed E-state index contributed by atoms with van der Waals surface area (Å²) >= 11 is 0. The van der Waals surface area contributed by atoms with Crippen molar-refractivity contribution >= 4 is 24.3 Å². The molecule has 0 atom stereocenters. The van der Waals surface area contributed by atoms with Gasteiger partial charge in [-0.05, 0) is 61.1 Å². The van der Waals surface area contributed by atoms with Gasteiger partial charge in [0.2, 0.25) is 0 Å². The first-order chi connectivity index (χ1) is 8.62. The van der Waals surface area contributed by atoms with E-state index in [1.165, 1.54) is 33.4 Å². The Kier molecular flexibility index (Phi) is 4.91. The molecular formula is C18H22. The van der Waals surface area contributed by atoms with Gasteiger partial charge in [-0.25, -0.2) is 0 Å². The van der Waals surface area contributed by atoms with E-state index >= 15 is 0 Å². The van der Waals surface area contributed by atoms with Crippen molar-refractivity contribution in [1.82, 2.24) is 0 Å². The molecule has 0 saturated carbocycles. The molecule has 18 heavy (non-hydrogen) atoms. The summed E-state index contributed by atoms with van der Waals surface area (Å²) in [6, 6.07) is 0. The van der Waals surface area contributed by atoms with Crippen LogP contribution in [0.3, 0.4) is 0 Å². The molecule has 0 spiro atoms. The Labute approximate surface area is 111 Å². The summed E-state index contributed by atoms with van der Waals surface area (Å²) in [5.41, 5.74) is 7.43. The fourth-order valence-electron chi connectivity index (χ4n) is 2.30. The van der Waals surface area contributed by atoms with Gasteiger partial charge in [0.25, 0.3) is 0 Å². The third-order valence-electron chi connectivity index (χ3n) is 3.32. The van der Waals surface area contributed by atoms with Gasteiger partial charge >= 0.3 is 0 Å². The van der Waals surface area contributed by atoms with Crippen LogP contribution in [0.4, 0.5) is 0 Å². The summed E-state index contributed by atoms with van der Waals surface area (Å²) in [7, 11) is 0. The van der Waals surface area contributed by atoms with Crippen molar-refractivity contribution in [2.45, 2.75) is 27.7 Å². The van der Waals surface area contributed by atoms with Crippen molar-refractivity contribution in [3.8, 4) is 0 Å². The average molecular weight is 238 g/mol. The molecule has 0 aliphatic carbocycles. The van der Waals surface area contributed by atoms with Crippen LogP contribution in [0.2, 0.25) is 0 Å². The minimum atomic E-state index is 1.17. The fraction of sp³-hybridized carbons (Fsp3) is 0.222. The SMILES string of the molecule is C=Cc1c(C=C)c(/C=C\C)c(C)c(C)c1/C=C\C. The fourth-order valence-corrected chi connectivity index (χ4v) is 2.30. The third kappa shape index (κ3) is 2.38. The van der Waals surface area contributed by atoms with Crippen LogP contribution >= 0.6 is 0 Å². The van der Waals surface area contributed by atoms with Gasteiger partial charge in [-0.1, -0.05) is 49.6 Å². The minimum absolute atomic E-state index is 1.17. The summed E-state index contributed by atoms with van der Waals surface area (Å²) in [5, 5.41) is 0. The molecule has 0 saturated heterocycles. The minimum Gasteiger partial charge on any atom is -0.0984 e. The van der Waals surface area contributed by atoms with Crippen molar-refractivity contribution in [3.05, 3.63) is 58.7 Å². The topological polar surface area (TPSA) is 0 Å². The quantitative estimate of drug-likeness (QED) is 0.635. The van der Waals surface area contributed by atoms with E-state index in [0.29, 0.717) is 0 Å². The summed E-state index contributed by atoms with van der Waals surface area (Å²) in [4.78, 5) is 0. The Morgan fingerprint density at radius 2 is 1.00 bits per heavy atom. The highest BCUT2D eigenvalue weighted by atomic mass is 14.2. The second-order valence-electron chi connectivity index (χ2n) is 4.31. The Bertz CT molecular complexity index is 477. The van der Waals surface area contributed by atoms with Gasteiger partial charge in [0.05, 0.1) is 0 Å². The smallest absolute Gasteiger partial charge is 0.0109 e. The van der Waals surface area contributed by atoms with E-state index in [0.717, 1.165) is 0 Å². The predicted molar refractivity (Wildman–Crippen MR) is 85.5 cm³/mol. The monoisotopic (exact) mass is 238 g/mol. The lowest BCUT2D eigenvalue weighted by Crippen LogP contribution is -1.99. The molecule has 1 aromatic carbocycles. The highest BCUT2D eigenvalue weighted by Gasteiger charge is 2.12. The molecule has 0 aromatic heterocycles. The molecular weight excluding hydrogens is 216 g/mol.